The van der Waals surface area contributed by atoms with Crippen LogP contribution in [-0.4, -0.2) is 44.7 Å². The maximum atomic E-state index is 13.1. The molecule has 1 saturated heterocycles. The molecule has 6 nitrogen and oxygen atoms in total. The summed E-state index contributed by atoms with van der Waals surface area (Å²) in [5.41, 5.74) is 2.02. The van der Waals surface area contributed by atoms with Gasteiger partial charge in [-0.15, -0.1) is 0 Å². The number of nitrogens with one attached hydrogen (secondary N) is 1. The molecule has 3 heterocycles. The van der Waals surface area contributed by atoms with E-state index in [0.29, 0.717) is 13.1 Å². The van der Waals surface area contributed by atoms with Crippen molar-refractivity contribution < 1.29 is 9.59 Å². The number of hydrogen-bond donors (Lipinski definition) is 1. The summed E-state index contributed by atoms with van der Waals surface area (Å²) in [6, 6.07) is 16.5. The Bertz CT molecular complexity index is 1030. The highest BCUT2D eigenvalue weighted by Crippen LogP contribution is 2.41. The van der Waals surface area contributed by atoms with E-state index in [9.17, 15) is 9.59 Å². The first-order valence-corrected chi connectivity index (χ1v) is 10.4. The molecule has 0 atom stereocenters. The summed E-state index contributed by atoms with van der Waals surface area (Å²) in [5.74, 6) is -0.247. The summed E-state index contributed by atoms with van der Waals surface area (Å²) in [6.07, 6.45) is 5.69. The predicted octanol–water partition coefficient (Wildman–Crippen LogP) is 3.16. The minimum absolute atomic E-state index is 0.0469. The quantitative estimate of drug-likeness (QED) is 0.726. The monoisotopic (exact) mass is 404 g/mol. The second-order valence-corrected chi connectivity index (χ2v) is 8.64. The van der Waals surface area contributed by atoms with Gasteiger partial charge in [0, 0.05) is 37.8 Å². The molecule has 0 saturated carbocycles. The molecule has 1 aliphatic rings. The third kappa shape index (κ3) is 3.58. The number of imidazole rings is 1. The summed E-state index contributed by atoms with van der Waals surface area (Å²) in [5, 5.41) is 2.77. The lowest BCUT2D eigenvalue weighted by Crippen LogP contribution is -2.58. The molecule has 4 rings (SSSR count). The molecule has 2 aromatic heterocycles. The number of hydrogen-bond acceptors (Lipinski definition) is 3. The van der Waals surface area contributed by atoms with Gasteiger partial charge >= 0.3 is 0 Å². The number of aromatic nitrogens is 2. The van der Waals surface area contributed by atoms with Crippen molar-refractivity contribution in [3.05, 3.63) is 72.2 Å². The third-order valence-corrected chi connectivity index (χ3v) is 6.11. The lowest BCUT2D eigenvalue weighted by molar-refractivity contribution is -0.141. The number of pyridine rings is 1. The van der Waals surface area contributed by atoms with Gasteiger partial charge in [-0.1, -0.05) is 36.4 Å². The molecule has 1 aromatic carbocycles. The summed E-state index contributed by atoms with van der Waals surface area (Å²) in [4.78, 5) is 31.4. The van der Waals surface area contributed by atoms with Crippen molar-refractivity contribution in [2.24, 2.45) is 0 Å². The van der Waals surface area contributed by atoms with Gasteiger partial charge in [-0.3, -0.25) is 9.59 Å². The number of amides is 2. The topological polar surface area (TPSA) is 66.7 Å². The van der Waals surface area contributed by atoms with Crippen LogP contribution in [0.1, 0.15) is 44.9 Å². The Hall–Kier alpha value is -3.15. The zero-order valence-corrected chi connectivity index (χ0v) is 17.8. The van der Waals surface area contributed by atoms with Gasteiger partial charge in [0.2, 0.25) is 11.8 Å². The van der Waals surface area contributed by atoms with E-state index in [0.717, 1.165) is 24.2 Å². The van der Waals surface area contributed by atoms with E-state index in [2.05, 4.69) is 40.2 Å². The second kappa shape index (κ2) is 7.59. The minimum atomic E-state index is -0.915. The van der Waals surface area contributed by atoms with Crippen LogP contribution in [0.3, 0.4) is 0 Å². The number of rotatable bonds is 4. The zero-order chi connectivity index (χ0) is 21.4. The average molecular weight is 405 g/mol. The van der Waals surface area contributed by atoms with E-state index < -0.39 is 5.54 Å². The van der Waals surface area contributed by atoms with Gasteiger partial charge in [-0.2, -0.15) is 0 Å². The number of carbonyl (C=O) groups is 2. The molecule has 0 radical (unpaired) electrons. The van der Waals surface area contributed by atoms with Gasteiger partial charge in [-0.05, 0) is 44.4 Å². The molecule has 0 bridgehead atoms. The number of piperidine rings is 1. The van der Waals surface area contributed by atoms with E-state index in [1.807, 2.05) is 35.4 Å². The Morgan fingerprint density at radius 2 is 1.70 bits per heavy atom. The van der Waals surface area contributed by atoms with Crippen molar-refractivity contribution in [3.8, 4) is 0 Å². The van der Waals surface area contributed by atoms with E-state index in [4.69, 9.17) is 4.98 Å². The molecule has 30 heavy (non-hydrogen) atoms. The van der Waals surface area contributed by atoms with Gasteiger partial charge in [-0.25, -0.2) is 4.98 Å². The minimum Gasteiger partial charge on any atom is -0.342 e. The molecule has 2 amide bonds. The van der Waals surface area contributed by atoms with Gasteiger partial charge in [0.25, 0.3) is 0 Å². The fourth-order valence-electron chi connectivity index (χ4n) is 4.60. The zero-order valence-electron chi connectivity index (χ0n) is 17.8. The molecule has 1 N–H and O–H groups in total. The predicted molar refractivity (Wildman–Crippen MR) is 116 cm³/mol. The molecular formula is C24H28N4O2. The number of carbonyl (C=O) groups excluding carboxylic acids is 2. The van der Waals surface area contributed by atoms with Crippen LogP contribution in [0.2, 0.25) is 0 Å². The van der Waals surface area contributed by atoms with Crippen LogP contribution in [-0.2, 0) is 15.0 Å². The van der Waals surface area contributed by atoms with E-state index in [1.54, 1.807) is 13.8 Å². The van der Waals surface area contributed by atoms with Crippen molar-refractivity contribution >= 4 is 17.5 Å². The van der Waals surface area contributed by atoms with Crippen LogP contribution in [0, 0.1) is 0 Å². The van der Waals surface area contributed by atoms with E-state index >= 15 is 0 Å². The van der Waals surface area contributed by atoms with Crippen LogP contribution < -0.4 is 5.32 Å². The fraction of sp³-hybridized carbons (Fsp3) is 0.375. The summed E-state index contributed by atoms with van der Waals surface area (Å²) in [6.45, 7) is 6.19. The Kier molecular flexibility index (Phi) is 5.10. The lowest BCUT2D eigenvalue weighted by atomic mass is 9.70. The highest BCUT2D eigenvalue weighted by Gasteiger charge is 2.43. The molecule has 0 spiro atoms. The number of likely N-dealkylation sites (tertiary alicyclic amines) is 1. The van der Waals surface area contributed by atoms with Crippen LogP contribution in [0.15, 0.2) is 60.9 Å². The van der Waals surface area contributed by atoms with Gasteiger partial charge < -0.3 is 14.6 Å². The fourth-order valence-corrected chi connectivity index (χ4v) is 4.60. The van der Waals surface area contributed by atoms with Crippen LogP contribution in [0.25, 0.3) is 5.65 Å². The molecule has 0 aliphatic carbocycles. The standard InChI is InChI=1S/C24H28N4O2/c1-18(29)26-23(2,3)22(30)27-15-12-24(13-16-27,19-9-5-4-6-10-19)20-17-28-14-8-7-11-21(28)25-20/h4-11,14,17H,12-13,15-16H2,1-3H3,(H,26,29). The Morgan fingerprint density at radius 1 is 1.03 bits per heavy atom. The molecule has 6 heteroatoms. The number of benzene rings is 1. The second-order valence-electron chi connectivity index (χ2n) is 8.64. The van der Waals surface area contributed by atoms with Crippen LogP contribution >= 0.6 is 0 Å². The van der Waals surface area contributed by atoms with Crippen molar-refractivity contribution in [1.29, 1.82) is 0 Å². The van der Waals surface area contributed by atoms with Gasteiger partial charge in [0.15, 0.2) is 0 Å². The lowest BCUT2D eigenvalue weighted by Gasteiger charge is -2.43. The normalized spacial score (nSPS) is 16.4. The maximum Gasteiger partial charge on any atom is 0.247 e. The third-order valence-electron chi connectivity index (χ3n) is 6.11. The van der Waals surface area contributed by atoms with Crippen molar-refractivity contribution in [2.45, 2.75) is 44.6 Å². The summed E-state index contributed by atoms with van der Waals surface area (Å²) in [7, 11) is 0. The highest BCUT2D eigenvalue weighted by molar-refractivity contribution is 5.90. The molecule has 3 aromatic rings. The highest BCUT2D eigenvalue weighted by atomic mass is 16.2. The largest absolute Gasteiger partial charge is 0.342 e. The Balaban J connectivity index is 1.65. The molecule has 156 valence electrons. The Labute approximate surface area is 176 Å². The molecular weight excluding hydrogens is 376 g/mol. The van der Waals surface area contributed by atoms with Gasteiger partial charge in [0.1, 0.15) is 11.2 Å². The van der Waals surface area contributed by atoms with E-state index in [-0.39, 0.29) is 17.2 Å². The first-order valence-electron chi connectivity index (χ1n) is 10.4. The number of nitrogens with zero attached hydrogens (tertiary/aromatic N) is 3. The van der Waals surface area contributed by atoms with Crippen molar-refractivity contribution in [1.82, 2.24) is 19.6 Å². The molecule has 0 unspecified atom stereocenters. The van der Waals surface area contributed by atoms with Gasteiger partial charge in [0.05, 0.1) is 5.69 Å². The first kappa shape index (κ1) is 20.1. The van der Waals surface area contributed by atoms with E-state index in [1.165, 1.54) is 12.5 Å². The smallest absolute Gasteiger partial charge is 0.247 e. The Morgan fingerprint density at radius 3 is 2.33 bits per heavy atom. The summed E-state index contributed by atoms with van der Waals surface area (Å²) >= 11 is 0. The maximum absolute atomic E-state index is 13.1. The first-order chi connectivity index (χ1) is 14.3. The average Bonchev–Trinajstić information content (AvgIpc) is 3.18. The molecule has 1 fully saturated rings. The van der Waals surface area contributed by atoms with Crippen LogP contribution in [0.4, 0.5) is 0 Å². The van der Waals surface area contributed by atoms with Crippen molar-refractivity contribution in [3.63, 3.8) is 0 Å². The van der Waals surface area contributed by atoms with Crippen LogP contribution in [0.5, 0.6) is 0 Å². The van der Waals surface area contributed by atoms with Crippen molar-refractivity contribution in [2.75, 3.05) is 13.1 Å². The number of fused-ring (bicyclic) bond motifs is 1. The summed E-state index contributed by atoms with van der Waals surface area (Å²) < 4.78 is 2.05. The SMILES string of the molecule is CC(=O)NC(C)(C)C(=O)N1CCC(c2ccccc2)(c2cn3ccccc3n2)CC1. The molecule has 1 aliphatic heterocycles.